The van der Waals surface area contributed by atoms with Gasteiger partial charge in [0, 0.05) is 41.5 Å². The Kier molecular flexibility index (Phi) is 7.63. The standard InChI is InChI=1S/C23H28N6O4S2/c1-4-24-22(30)27-18-7-5-17(6-8-18)21-26-19(14-35(31,32)23-25-15(2)13-34-23)11-20(28-21)29-9-10-33-12-16(29)3/h5-8,11,13,16H,4,9-10,12,14H2,1-3H3,(H2,24,27,30)/t16-/m0/s1. The smallest absolute Gasteiger partial charge is 0.319 e. The number of hydrogen-bond acceptors (Lipinski definition) is 9. The number of thiazole rings is 1. The number of amides is 2. The molecule has 2 aromatic heterocycles. The molecule has 1 atom stereocenters. The third kappa shape index (κ3) is 6.13. The molecule has 0 unspecified atom stereocenters. The highest BCUT2D eigenvalue weighted by molar-refractivity contribution is 7.92. The van der Waals surface area contributed by atoms with Crippen LogP contribution in [0.5, 0.6) is 0 Å². The molecule has 3 heterocycles. The van der Waals surface area contributed by atoms with Crippen LogP contribution in [0, 0.1) is 6.92 Å². The van der Waals surface area contributed by atoms with E-state index in [1.807, 2.05) is 13.8 Å². The van der Waals surface area contributed by atoms with Crippen molar-refractivity contribution in [3.8, 4) is 11.4 Å². The van der Waals surface area contributed by atoms with Crippen LogP contribution in [0.1, 0.15) is 25.2 Å². The zero-order chi connectivity index (χ0) is 25.0. The molecule has 0 bridgehead atoms. The first-order valence-corrected chi connectivity index (χ1v) is 13.8. The summed E-state index contributed by atoms with van der Waals surface area (Å²) in [6.07, 6.45) is 0. The molecule has 1 aliphatic rings. The van der Waals surface area contributed by atoms with Crippen molar-refractivity contribution >= 4 is 38.7 Å². The number of carbonyl (C=O) groups excluding carboxylic acids is 1. The van der Waals surface area contributed by atoms with Gasteiger partial charge in [-0.3, -0.25) is 0 Å². The van der Waals surface area contributed by atoms with Crippen molar-refractivity contribution in [2.24, 2.45) is 0 Å². The fraction of sp³-hybridized carbons (Fsp3) is 0.391. The van der Waals surface area contributed by atoms with E-state index in [1.54, 1.807) is 42.6 Å². The van der Waals surface area contributed by atoms with Gasteiger partial charge in [-0.1, -0.05) is 0 Å². The number of anilines is 2. The van der Waals surface area contributed by atoms with Gasteiger partial charge in [0.15, 0.2) is 5.82 Å². The fourth-order valence-electron chi connectivity index (χ4n) is 3.67. The molecular weight excluding hydrogens is 488 g/mol. The summed E-state index contributed by atoms with van der Waals surface area (Å²) >= 11 is 1.11. The van der Waals surface area contributed by atoms with Crippen molar-refractivity contribution < 1.29 is 17.9 Å². The number of nitrogens with zero attached hydrogens (tertiary/aromatic N) is 4. The fourth-order valence-corrected chi connectivity index (χ4v) is 6.04. The number of nitrogens with one attached hydrogen (secondary N) is 2. The van der Waals surface area contributed by atoms with Crippen LogP contribution >= 0.6 is 11.3 Å². The predicted molar refractivity (Wildman–Crippen MR) is 136 cm³/mol. The molecule has 0 spiro atoms. The average molecular weight is 517 g/mol. The summed E-state index contributed by atoms with van der Waals surface area (Å²) in [6.45, 7) is 7.94. The van der Waals surface area contributed by atoms with Gasteiger partial charge < -0.3 is 20.3 Å². The number of urea groups is 1. The van der Waals surface area contributed by atoms with Crippen LogP contribution in [0.4, 0.5) is 16.3 Å². The third-order valence-corrected chi connectivity index (χ3v) is 8.47. The van der Waals surface area contributed by atoms with Crippen LogP contribution in [0.2, 0.25) is 0 Å². The first-order valence-electron chi connectivity index (χ1n) is 11.3. The third-order valence-electron chi connectivity index (χ3n) is 5.37. The Morgan fingerprint density at radius 1 is 1.23 bits per heavy atom. The van der Waals surface area contributed by atoms with Crippen LogP contribution in [0.25, 0.3) is 11.4 Å². The van der Waals surface area contributed by atoms with Crippen molar-refractivity contribution in [2.75, 3.05) is 36.5 Å². The highest BCUT2D eigenvalue weighted by Crippen LogP contribution is 2.27. The molecule has 2 N–H and O–H groups in total. The monoisotopic (exact) mass is 516 g/mol. The van der Waals surface area contributed by atoms with Gasteiger partial charge in [-0.15, -0.1) is 11.3 Å². The Morgan fingerprint density at radius 3 is 2.66 bits per heavy atom. The molecule has 186 valence electrons. The Bertz CT molecular complexity index is 1290. The number of morpholine rings is 1. The molecule has 4 rings (SSSR count). The molecule has 0 radical (unpaired) electrons. The summed E-state index contributed by atoms with van der Waals surface area (Å²) in [6, 6.07) is 8.64. The second-order valence-corrected chi connectivity index (χ2v) is 11.3. The lowest BCUT2D eigenvalue weighted by Gasteiger charge is -2.34. The average Bonchev–Trinajstić information content (AvgIpc) is 3.27. The number of ether oxygens (including phenoxy) is 1. The number of aryl methyl sites for hydroxylation is 1. The molecule has 1 aliphatic heterocycles. The first-order chi connectivity index (χ1) is 16.7. The molecule has 10 nitrogen and oxygen atoms in total. The van der Waals surface area contributed by atoms with Crippen molar-refractivity contribution in [1.29, 1.82) is 0 Å². The van der Waals surface area contributed by atoms with E-state index in [0.29, 0.717) is 60.6 Å². The minimum atomic E-state index is -3.66. The summed E-state index contributed by atoms with van der Waals surface area (Å²) in [5, 5.41) is 7.15. The number of sulfone groups is 1. The molecule has 1 aromatic carbocycles. The molecule has 3 aromatic rings. The van der Waals surface area contributed by atoms with Crippen molar-refractivity contribution in [1.82, 2.24) is 20.3 Å². The molecule has 0 aliphatic carbocycles. The van der Waals surface area contributed by atoms with E-state index in [2.05, 4.69) is 25.5 Å². The lowest BCUT2D eigenvalue weighted by atomic mass is 10.2. The van der Waals surface area contributed by atoms with E-state index in [1.165, 1.54) is 0 Å². The number of rotatable bonds is 7. The lowest BCUT2D eigenvalue weighted by molar-refractivity contribution is 0.0985. The molecule has 35 heavy (non-hydrogen) atoms. The Hall–Kier alpha value is -3.09. The second-order valence-electron chi connectivity index (χ2n) is 8.23. The van der Waals surface area contributed by atoms with Crippen LogP contribution in [0.15, 0.2) is 40.1 Å². The summed E-state index contributed by atoms with van der Waals surface area (Å²) < 4.78 is 31.7. The topological polar surface area (TPSA) is 126 Å². The molecule has 0 saturated carbocycles. The Balaban J connectivity index is 1.68. The molecule has 12 heteroatoms. The van der Waals surface area contributed by atoms with Gasteiger partial charge in [0.2, 0.25) is 14.2 Å². The number of hydrogen-bond donors (Lipinski definition) is 2. The normalized spacial score (nSPS) is 16.2. The first kappa shape index (κ1) is 25.0. The highest BCUT2D eigenvalue weighted by Gasteiger charge is 2.25. The summed E-state index contributed by atoms with van der Waals surface area (Å²) in [5.74, 6) is 0.778. The van der Waals surface area contributed by atoms with Crippen LogP contribution in [-0.2, 0) is 20.3 Å². The van der Waals surface area contributed by atoms with Gasteiger partial charge in [-0.2, -0.15) is 0 Å². The minimum absolute atomic E-state index is 0.0808. The van der Waals surface area contributed by atoms with Gasteiger partial charge >= 0.3 is 6.03 Å². The maximum absolute atomic E-state index is 13.0. The van der Waals surface area contributed by atoms with E-state index in [0.717, 1.165) is 11.3 Å². The van der Waals surface area contributed by atoms with Crippen molar-refractivity contribution in [3.63, 3.8) is 0 Å². The van der Waals surface area contributed by atoms with Gasteiger partial charge in [-0.25, -0.2) is 28.2 Å². The molecule has 1 fully saturated rings. The SMILES string of the molecule is CCNC(=O)Nc1ccc(-c2nc(CS(=O)(=O)c3nc(C)cs3)cc(N3CCOC[C@@H]3C)n2)cc1. The van der Waals surface area contributed by atoms with Gasteiger partial charge in [0.25, 0.3) is 0 Å². The number of carbonyl (C=O) groups is 1. The zero-order valence-corrected chi connectivity index (χ0v) is 21.4. The van der Waals surface area contributed by atoms with Gasteiger partial charge in [0.1, 0.15) is 5.82 Å². The largest absolute Gasteiger partial charge is 0.377 e. The van der Waals surface area contributed by atoms with Crippen LogP contribution < -0.4 is 15.5 Å². The number of benzene rings is 1. The van der Waals surface area contributed by atoms with Gasteiger partial charge in [0.05, 0.1) is 30.7 Å². The quantitative estimate of drug-likeness (QED) is 0.490. The maximum atomic E-state index is 13.0. The predicted octanol–water partition coefficient (Wildman–Crippen LogP) is 3.25. The molecule has 1 saturated heterocycles. The minimum Gasteiger partial charge on any atom is -0.377 e. The highest BCUT2D eigenvalue weighted by atomic mass is 32.2. The summed E-state index contributed by atoms with van der Waals surface area (Å²) in [5.41, 5.74) is 2.39. The van der Waals surface area contributed by atoms with E-state index in [9.17, 15) is 13.2 Å². The van der Waals surface area contributed by atoms with E-state index < -0.39 is 9.84 Å². The maximum Gasteiger partial charge on any atom is 0.319 e. The van der Waals surface area contributed by atoms with Crippen molar-refractivity contribution in [3.05, 3.63) is 47.1 Å². The Morgan fingerprint density at radius 2 is 2.00 bits per heavy atom. The van der Waals surface area contributed by atoms with Gasteiger partial charge in [-0.05, 0) is 45.0 Å². The summed E-state index contributed by atoms with van der Waals surface area (Å²) in [7, 11) is -3.66. The second kappa shape index (κ2) is 10.7. The molecular formula is C23H28N6O4S2. The summed E-state index contributed by atoms with van der Waals surface area (Å²) in [4.78, 5) is 27.4. The van der Waals surface area contributed by atoms with Crippen LogP contribution in [-0.4, -0.2) is 61.7 Å². The van der Waals surface area contributed by atoms with Crippen LogP contribution in [0.3, 0.4) is 0 Å². The zero-order valence-electron chi connectivity index (χ0n) is 19.8. The lowest BCUT2D eigenvalue weighted by Crippen LogP contribution is -2.44. The van der Waals surface area contributed by atoms with E-state index in [4.69, 9.17) is 9.72 Å². The molecule has 2 amide bonds. The number of aromatic nitrogens is 3. The van der Waals surface area contributed by atoms with E-state index >= 15 is 0 Å². The van der Waals surface area contributed by atoms with E-state index in [-0.39, 0.29) is 22.2 Å². The Labute approximate surface area is 208 Å². The van der Waals surface area contributed by atoms with Crippen molar-refractivity contribution in [2.45, 2.75) is 36.9 Å².